The first kappa shape index (κ1) is 20.1. The average Bonchev–Trinajstić information content (AvgIpc) is 2.66. The number of rotatable bonds is 7. The highest BCUT2D eigenvalue weighted by molar-refractivity contribution is 6.39. The Morgan fingerprint density at radius 3 is 2.43 bits per heavy atom. The number of hydrogen-bond acceptors (Lipinski definition) is 3. The SMILES string of the molecule is CCOc1cccc(NC(=O)Cc2ccccc2Nc2c(Cl)cccc2Cl)c1. The van der Waals surface area contributed by atoms with Gasteiger partial charge in [0.15, 0.2) is 0 Å². The van der Waals surface area contributed by atoms with Crippen LogP contribution in [0.25, 0.3) is 0 Å². The fourth-order valence-electron chi connectivity index (χ4n) is 2.76. The molecule has 0 unspecified atom stereocenters. The third kappa shape index (κ3) is 5.18. The molecule has 0 atom stereocenters. The monoisotopic (exact) mass is 414 g/mol. The van der Waals surface area contributed by atoms with E-state index in [1.54, 1.807) is 24.3 Å². The van der Waals surface area contributed by atoms with Gasteiger partial charge >= 0.3 is 0 Å². The lowest BCUT2D eigenvalue weighted by atomic mass is 10.1. The molecule has 28 heavy (non-hydrogen) atoms. The van der Waals surface area contributed by atoms with Crippen molar-refractivity contribution in [2.75, 3.05) is 17.2 Å². The van der Waals surface area contributed by atoms with Crippen molar-refractivity contribution in [3.05, 3.63) is 82.3 Å². The topological polar surface area (TPSA) is 50.4 Å². The van der Waals surface area contributed by atoms with Crippen LogP contribution in [0.1, 0.15) is 12.5 Å². The maximum Gasteiger partial charge on any atom is 0.228 e. The van der Waals surface area contributed by atoms with E-state index in [2.05, 4.69) is 10.6 Å². The molecule has 0 aliphatic carbocycles. The fourth-order valence-corrected chi connectivity index (χ4v) is 3.25. The van der Waals surface area contributed by atoms with Crippen molar-refractivity contribution in [3.63, 3.8) is 0 Å². The molecular weight excluding hydrogens is 395 g/mol. The molecule has 0 saturated carbocycles. The van der Waals surface area contributed by atoms with Gasteiger partial charge in [0.1, 0.15) is 5.75 Å². The van der Waals surface area contributed by atoms with Gasteiger partial charge in [-0.2, -0.15) is 0 Å². The molecule has 0 saturated heterocycles. The van der Waals surface area contributed by atoms with E-state index in [4.69, 9.17) is 27.9 Å². The molecule has 0 radical (unpaired) electrons. The standard InChI is InChI=1S/C22H20Cl2N2O2/c1-2-28-17-9-5-8-16(14-17)25-21(27)13-15-7-3-4-12-20(15)26-22-18(23)10-6-11-19(22)24/h3-12,14,26H,2,13H2,1H3,(H,25,27). The Kier molecular flexibility index (Phi) is 6.80. The van der Waals surface area contributed by atoms with E-state index in [9.17, 15) is 4.79 Å². The molecule has 2 N–H and O–H groups in total. The van der Waals surface area contributed by atoms with Crippen molar-refractivity contribution in [3.8, 4) is 5.75 Å². The van der Waals surface area contributed by atoms with Crippen molar-refractivity contribution in [1.82, 2.24) is 0 Å². The highest BCUT2D eigenvalue weighted by Gasteiger charge is 2.12. The van der Waals surface area contributed by atoms with E-state index < -0.39 is 0 Å². The fraction of sp³-hybridized carbons (Fsp3) is 0.136. The third-order valence-corrected chi connectivity index (χ3v) is 4.65. The van der Waals surface area contributed by atoms with Crippen LogP contribution in [-0.2, 0) is 11.2 Å². The molecule has 0 heterocycles. The lowest BCUT2D eigenvalue weighted by molar-refractivity contribution is -0.115. The molecule has 144 valence electrons. The number of carbonyl (C=O) groups excluding carboxylic acids is 1. The van der Waals surface area contributed by atoms with Crippen LogP contribution >= 0.6 is 23.2 Å². The Balaban J connectivity index is 1.74. The zero-order chi connectivity index (χ0) is 19.9. The van der Waals surface area contributed by atoms with Gasteiger partial charge in [0.2, 0.25) is 5.91 Å². The molecular formula is C22H20Cl2N2O2. The second-order valence-electron chi connectivity index (χ2n) is 6.06. The zero-order valence-electron chi connectivity index (χ0n) is 15.3. The second-order valence-corrected chi connectivity index (χ2v) is 6.88. The van der Waals surface area contributed by atoms with Crippen LogP contribution in [0.2, 0.25) is 10.0 Å². The summed E-state index contributed by atoms with van der Waals surface area (Å²) in [4.78, 5) is 12.6. The molecule has 0 aliphatic rings. The molecule has 0 aromatic heterocycles. The maximum absolute atomic E-state index is 12.6. The molecule has 0 spiro atoms. The minimum Gasteiger partial charge on any atom is -0.494 e. The average molecular weight is 415 g/mol. The van der Waals surface area contributed by atoms with E-state index in [-0.39, 0.29) is 12.3 Å². The van der Waals surface area contributed by atoms with E-state index >= 15 is 0 Å². The number of ether oxygens (including phenoxy) is 1. The summed E-state index contributed by atoms with van der Waals surface area (Å²) in [6.07, 6.45) is 0.199. The number of nitrogens with one attached hydrogen (secondary N) is 2. The zero-order valence-corrected chi connectivity index (χ0v) is 16.8. The summed E-state index contributed by atoms with van der Waals surface area (Å²) in [5.74, 6) is 0.587. The predicted octanol–water partition coefficient (Wildman–Crippen LogP) is 6.32. The summed E-state index contributed by atoms with van der Waals surface area (Å²) in [7, 11) is 0. The van der Waals surface area contributed by atoms with Crippen molar-refractivity contribution in [2.45, 2.75) is 13.3 Å². The second kappa shape index (κ2) is 9.49. The number of para-hydroxylation sites is 2. The summed E-state index contributed by atoms with van der Waals surface area (Å²) < 4.78 is 5.47. The third-order valence-electron chi connectivity index (χ3n) is 4.02. The number of halogens is 2. The minimum absolute atomic E-state index is 0.131. The summed E-state index contributed by atoms with van der Waals surface area (Å²) in [6.45, 7) is 2.49. The van der Waals surface area contributed by atoms with Crippen LogP contribution in [0.3, 0.4) is 0 Å². The lowest BCUT2D eigenvalue weighted by Gasteiger charge is -2.14. The molecule has 3 rings (SSSR count). The van der Waals surface area contributed by atoms with Crippen LogP contribution in [0, 0.1) is 0 Å². The molecule has 4 nitrogen and oxygen atoms in total. The quantitative estimate of drug-likeness (QED) is 0.475. The van der Waals surface area contributed by atoms with Gasteiger partial charge in [-0.15, -0.1) is 0 Å². The first-order chi connectivity index (χ1) is 13.6. The van der Waals surface area contributed by atoms with Crippen molar-refractivity contribution < 1.29 is 9.53 Å². The predicted molar refractivity (Wildman–Crippen MR) is 116 cm³/mol. The Bertz CT molecular complexity index is 956. The summed E-state index contributed by atoms with van der Waals surface area (Å²) in [6, 6.07) is 20.2. The number of hydrogen-bond donors (Lipinski definition) is 2. The summed E-state index contributed by atoms with van der Waals surface area (Å²) in [5, 5.41) is 7.17. The van der Waals surface area contributed by atoms with E-state index in [1.165, 1.54) is 0 Å². The Hall–Kier alpha value is -2.69. The van der Waals surface area contributed by atoms with Gasteiger partial charge in [0.25, 0.3) is 0 Å². The Morgan fingerprint density at radius 1 is 0.964 bits per heavy atom. The van der Waals surface area contributed by atoms with Crippen LogP contribution in [0.4, 0.5) is 17.1 Å². The van der Waals surface area contributed by atoms with Crippen LogP contribution in [0.5, 0.6) is 5.75 Å². The van der Waals surface area contributed by atoms with E-state index in [1.807, 2.05) is 49.4 Å². The molecule has 0 aliphatic heterocycles. The molecule has 6 heteroatoms. The molecule has 3 aromatic carbocycles. The smallest absolute Gasteiger partial charge is 0.228 e. The van der Waals surface area contributed by atoms with Crippen molar-refractivity contribution in [2.24, 2.45) is 0 Å². The van der Waals surface area contributed by atoms with Crippen LogP contribution < -0.4 is 15.4 Å². The maximum atomic E-state index is 12.6. The van der Waals surface area contributed by atoms with Gasteiger partial charge in [0.05, 0.1) is 28.8 Å². The summed E-state index contributed by atoms with van der Waals surface area (Å²) >= 11 is 12.5. The van der Waals surface area contributed by atoms with Crippen molar-refractivity contribution in [1.29, 1.82) is 0 Å². The van der Waals surface area contributed by atoms with Gasteiger partial charge in [-0.3, -0.25) is 4.79 Å². The van der Waals surface area contributed by atoms with Gasteiger partial charge in [0, 0.05) is 17.4 Å². The Morgan fingerprint density at radius 2 is 1.68 bits per heavy atom. The van der Waals surface area contributed by atoms with Gasteiger partial charge in [-0.05, 0) is 42.8 Å². The molecule has 3 aromatic rings. The number of anilines is 3. The first-order valence-electron chi connectivity index (χ1n) is 8.88. The normalized spacial score (nSPS) is 10.4. The minimum atomic E-state index is -0.131. The van der Waals surface area contributed by atoms with E-state index in [0.29, 0.717) is 28.0 Å². The van der Waals surface area contributed by atoms with Gasteiger partial charge in [-0.1, -0.05) is 53.5 Å². The van der Waals surface area contributed by atoms with Crippen LogP contribution in [0.15, 0.2) is 66.7 Å². The molecule has 0 bridgehead atoms. The Labute approximate surface area is 174 Å². The van der Waals surface area contributed by atoms with Gasteiger partial charge < -0.3 is 15.4 Å². The molecule has 0 fully saturated rings. The van der Waals surface area contributed by atoms with Crippen molar-refractivity contribution >= 4 is 46.2 Å². The van der Waals surface area contributed by atoms with Crippen LogP contribution in [-0.4, -0.2) is 12.5 Å². The lowest BCUT2D eigenvalue weighted by Crippen LogP contribution is -2.15. The molecule has 1 amide bonds. The number of benzene rings is 3. The number of carbonyl (C=O) groups is 1. The highest BCUT2D eigenvalue weighted by Crippen LogP contribution is 2.33. The highest BCUT2D eigenvalue weighted by atomic mass is 35.5. The van der Waals surface area contributed by atoms with Gasteiger partial charge in [-0.25, -0.2) is 0 Å². The number of amides is 1. The van der Waals surface area contributed by atoms with E-state index in [0.717, 1.165) is 17.0 Å². The summed E-state index contributed by atoms with van der Waals surface area (Å²) in [5.41, 5.74) is 2.91. The largest absolute Gasteiger partial charge is 0.494 e. The first-order valence-corrected chi connectivity index (χ1v) is 9.64.